The second-order valence-electron chi connectivity index (χ2n) is 6.08. The molecular weight excluding hydrogens is 364 g/mol. The molecule has 0 bridgehead atoms. The average molecular weight is 391 g/mol. The van der Waals surface area contributed by atoms with E-state index < -0.39 is 17.7 Å². The molecule has 27 heavy (non-hydrogen) atoms. The summed E-state index contributed by atoms with van der Waals surface area (Å²) in [6.45, 7) is 7.75. The van der Waals surface area contributed by atoms with Crippen molar-refractivity contribution >= 4 is 41.0 Å². The lowest BCUT2D eigenvalue weighted by Gasteiger charge is -2.31. The summed E-state index contributed by atoms with van der Waals surface area (Å²) in [6.07, 6.45) is 2.31. The number of nitrogens with one attached hydrogen (secondary N) is 1. The Balaban J connectivity index is 2.03. The number of carbonyl (C=O) groups excluding carboxylic acids is 2. The predicted molar refractivity (Wildman–Crippen MR) is 110 cm³/mol. The number of ether oxygens (including phenoxy) is 1. The number of methoxy groups -OCH3 is 1. The molecule has 0 radical (unpaired) electrons. The highest BCUT2D eigenvalue weighted by molar-refractivity contribution is 7.80. The standard InChI is InChI=1S/C19H26N4O3S/c1-4-22(5-2)12-6-11-20-13-16-17(24)21-19(27)23(18(16)25)14-7-9-15(26-3)10-8-14/h7-10,13,16H,4-6,11-12H2,1-3H3,(H,21,24,27). The van der Waals surface area contributed by atoms with Crippen LogP contribution in [0.15, 0.2) is 29.3 Å². The molecule has 2 rings (SSSR count). The van der Waals surface area contributed by atoms with Crippen molar-refractivity contribution in [3.8, 4) is 5.75 Å². The summed E-state index contributed by atoms with van der Waals surface area (Å²) < 4.78 is 5.13. The van der Waals surface area contributed by atoms with Crippen LogP contribution in [0.2, 0.25) is 0 Å². The molecule has 0 aromatic heterocycles. The second kappa shape index (κ2) is 10.1. The molecule has 1 aromatic carbocycles. The number of benzene rings is 1. The van der Waals surface area contributed by atoms with Gasteiger partial charge >= 0.3 is 0 Å². The summed E-state index contributed by atoms with van der Waals surface area (Å²) in [4.78, 5) is 32.9. The van der Waals surface area contributed by atoms with Gasteiger partial charge in [-0.15, -0.1) is 0 Å². The van der Waals surface area contributed by atoms with E-state index in [-0.39, 0.29) is 5.11 Å². The highest BCUT2D eigenvalue weighted by Crippen LogP contribution is 2.23. The van der Waals surface area contributed by atoms with Gasteiger partial charge in [0.25, 0.3) is 5.91 Å². The third-order valence-corrected chi connectivity index (χ3v) is 4.73. The molecule has 1 unspecified atom stereocenters. The van der Waals surface area contributed by atoms with Crippen LogP contribution in [0.4, 0.5) is 5.69 Å². The Bertz CT molecular complexity index is 701. The Morgan fingerprint density at radius 1 is 1.26 bits per heavy atom. The van der Waals surface area contributed by atoms with E-state index >= 15 is 0 Å². The molecule has 1 aromatic rings. The van der Waals surface area contributed by atoms with Gasteiger partial charge in [0.1, 0.15) is 5.75 Å². The summed E-state index contributed by atoms with van der Waals surface area (Å²) >= 11 is 5.18. The molecule has 1 heterocycles. The number of amides is 2. The van der Waals surface area contributed by atoms with Crippen molar-refractivity contribution in [2.24, 2.45) is 10.9 Å². The van der Waals surface area contributed by atoms with E-state index in [1.807, 2.05) is 0 Å². The first kappa shape index (κ1) is 21.0. The van der Waals surface area contributed by atoms with Gasteiger partial charge in [0.2, 0.25) is 5.91 Å². The fourth-order valence-electron chi connectivity index (χ4n) is 2.80. The first-order chi connectivity index (χ1) is 13.0. The van der Waals surface area contributed by atoms with Crippen molar-refractivity contribution in [3.63, 3.8) is 0 Å². The third-order valence-electron chi connectivity index (χ3n) is 4.44. The van der Waals surface area contributed by atoms with Crippen LogP contribution in [0.25, 0.3) is 0 Å². The molecule has 1 saturated heterocycles. The molecule has 1 aliphatic heterocycles. The average Bonchev–Trinajstić information content (AvgIpc) is 2.67. The fraction of sp³-hybridized carbons (Fsp3) is 0.474. The van der Waals surface area contributed by atoms with Gasteiger partial charge in [0, 0.05) is 12.8 Å². The van der Waals surface area contributed by atoms with Crippen molar-refractivity contribution in [2.45, 2.75) is 20.3 Å². The zero-order chi connectivity index (χ0) is 19.8. The summed E-state index contributed by atoms with van der Waals surface area (Å²) in [6, 6.07) is 6.91. The maximum absolute atomic E-state index is 12.8. The molecule has 1 aliphatic rings. The van der Waals surface area contributed by atoms with Crippen molar-refractivity contribution < 1.29 is 14.3 Å². The molecular formula is C19H26N4O3S. The zero-order valence-electron chi connectivity index (χ0n) is 16.0. The van der Waals surface area contributed by atoms with Crippen molar-refractivity contribution in [1.29, 1.82) is 0 Å². The normalized spacial score (nSPS) is 17.7. The van der Waals surface area contributed by atoms with Gasteiger partial charge in [-0.25, -0.2) is 0 Å². The Morgan fingerprint density at radius 3 is 2.52 bits per heavy atom. The molecule has 7 nitrogen and oxygen atoms in total. The Labute approximate surface area is 165 Å². The molecule has 0 spiro atoms. The minimum Gasteiger partial charge on any atom is -0.497 e. The highest BCUT2D eigenvalue weighted by atomic mass is 32.1. The number of carbonyl (C=O) groups is 2. The van der Waals surface area contributed by atoms with E-state index in [2.05, 4.69) is 29.1 Å². The SMILES string of the molecule is CCN(CC)CCCN=CC1C(=O)NC(=S)N(c2ccc(OC)cc2)C1=O. The van der Waals surface area contributed by atoms with Crippen LogP contribution in [-0.4, -0.2) is 61.3 Å². The number of hydrogen-bond acceptors (Lipinski definition) is 6. The molecule has 146 valence electrons. The summed E-state index contributed by atoms with van der Waals surface area (Å²) in [5, 5.41) is 2.65. The van der Waals surface area contributed by atoms with Gasteiger partial charge in [0.05, 0.1) is 12.8 Å². The number of aliphatic imine (C=N–C) groups is 1. The van der Waals surface area contributed by atoms with Crippen LogP contribution in [0.1, 0.15) is 20.3 Å². The summed E-state index contributed by atoms with van der Waals surface area (Å²) in [5.41, 5.74) is 0.575. The zero-order valence-corrected chi connectivity index (χ0v) is 16.8. The molecule has 0 saturated carbocycles. The first-order valence-corrected chi connectivity index (χ1v) is 9.47. The smallest absolute Gasteiger partial charge is 0.251 e. The number of nitrogens with zero attached hydrogens (tertiary/aromatic N) is 3. The minimum atomic E-state index is -0.979. The van der Waals surface area contributed by atoms with Crippen LogP contribution in [0.5, 0.6) is 5.75 Å². The largest absolute Gasteiger partial charge is 0.497 e. The number of hydrogen-bond donors (Lipinski definition) is 1. The van der Waals surface area contributed by atoms with E-state index in [9.17, 15) is 9.59 Å². The van der Waals surface area contributed by atoms with E-state index in [0.29, 0.717) is 18.0 Å². The van der Waals surface area contributed by atoms with Gasteiger partial charge in [-0.3, -0.25) is 19.5 Å². The third kappa shape index (κ3) is 5.33. The summed E-state index contributed by atoms with van der Waals surface area (Å²) in [7, 11) is 1.57. The predicted octanol–water partition coefficient (Wildman–Crippen LogP) is 1.86. The monoisotopic (exact) mass is 390 g/mol. The van der Waals surface area contributed by atoms with Gasteiger partial charge in [0.15, 0.2) is 11.0 Å². The fourth-order valence-corrected chi connectivity index (χ4v) is 3.10. The van der Waals surface area contributed by atoms with Crippen LogP contribution < -0.4 is 15.0 Å². The molecule has 0 aliphatic carbocycles. The van der Waals surface area contributed by atoms with Crippen molar-refractivity contribution in [2.75, 3.05) is 38.2 Å². The van der Waals surface area contributed by atoms with E-state index in [4.69, 9.17) is 17.0 Å². The van der Waals surface area contributed by atoms with Crippen molar-refractivity contribution in [1.82, 2.24) is 10.2 Å². The van der Waals surface area contributed by atoms with Gasteiger partial charge in [-0.2, -0.15) is 0 Å². The Kier molecular flexibility index (Phi) is 7.87. The number of rotatable bonds is 9. The Morgan fingerprint density at radius 2 is 1.93 bits per heavy atom. The lowest BCUT2D eigenvalue weighted by molar-refractivity contribution is -0.130. The van der Waals surface area contributed by atoms with Gasteiger partial charge in [-0.05, 0) is 62.5 Å². The number of thiocarbonyl (C=S) groups is 1. The maximum atomic E-state index is 12.8. The summed E-state index contributed by atoms with van der Waals surface area (Å²) in [5.74, 6) is -1.15. The quantitative estimate of drug-likeness (QED) is 0.302. The van der Waals surface area contributed by atoms with Crippen LogP contribution >= 0.6 is 12.2 Å². The van der Waals surface area contributed by atoms with Crippen LogP contribution in [0.3, 0.4) is 0 Å². The first-order valence-electron chi connectivity index (χ1n) is 9.06. The van der Waals surface area contributed by atoms with E-state index in [1.165, 1.54) is 11.1 Å². The molecule has 1 N–H and O–H groups in total. The topological polar surface area (TPSA) is 74.2 Å². The molecule has 1 atom stereocenters. The van der Waals surface area contributed by atoms with Gasteiger partial charge in [-0.1, -0.05) is 13.8 Å². The van der Waals surface area contributed by atoms with Crippen LogP contribution in [-0.2, 0) is 9.59 Å². The number of anilines is 1. The maximum Gasteiger partial charge on any atom is 0.251 e. The second-order valence-corrected chi connectivity index (χ2v) is 6.47. The molecule has 2 amide bonds. The minimum absolute atomic E-state index is 0.0707. The van der Waals surface area contributed by atoms with E-state index in [0.717, 1.165) is 26.1 Å². The lowest BCUT2D eigenvalue weighted by Crippen LogP contribution is -2.58. The molecule has 8 heteroatoms. The lowest BCUT2D eigenvalue weighted by atomic mass is 10.1. The highest BCUT2D eigenvalue weighted by Gasteiger charge is 2.38. The van der Waals surface area contributed by atoms with Crippen molar-refractivity contribution in [3.05, 3.63) is 24.3 Å². The van der Waals surface area contributed by atoms with E-state index in [1.54, 1.807) is 31.4 Å². The van der Waals surface area contributed by atoms with Crippen LogP contribution in [0, 0.1) is 5.92 Å². The Hall–Kier alpha value is -2.32. The molecule has 1 fully saturated rings. The van der Waals surface area contributed by atoms with Gasteiger partial charge < -0.3 is 15.0 Å².